The van der Waals surface area contributed by atoms with Gasteiger partial charge in [0.05, 0.1) is 5.56 Å². The molecule has 0 aliphatic rings. The van der Waals surface area contributed by atoms with E-state index in [1.807, 2.05) is 0 Å². The molecule has 1 heterocycles. The summed E-state index contributed by atoms with van der Waals surface area (Å²) in [5.41, 5.74) is 0.822. The lowest BCUT2D eigenvalue weighted by molar-refractivity contribution is 0.102. The van der Waals surface area contributed by atoms with Crippen LogP contribution in [0.2, 0.25) is 0 Å². The van der Waals surface area contributed by atoms with E-state index in [0.29, 0.717) is 12.4 Å². The van der Waals surface area contributed by atoms with Crippen molar-refractivity contribution in [3.05, 3.63) is 83.4 Å². The Morgan fingerprint density at radius 1 is 0.880 bits per heavy atom. The van der Waals surface area contributed by atoms with E-state index in [1.165, 1.54) is 30.3 Å². The molecule has 0 atom stereocenters. The van der Waals surface area contributed by atoms with Crippen molar-refractivity contribution in [3.8, 4) is 0 Å². The summed E-state index contributed by atoms with van der Waals surface area (Å²) in [4.78, 5) is 12.0. The zero-order valence-corrected chi connectivity index (χ0v) is 13.0. The summed E-state index contributed by atoms with van der Waals surface area (Å²) in [7, 11) is 0. The summed E-state index contributed by atoms with van der Waals surface area (Å²) >= 11 is 0. The van der Waals surface area contributed by atoms with Gasteiger partial charge in [-0.1, -0.05) is 24.3 Å². The Labute approximate surface area is 142 Å². The van der Waals surface area contributed by atoms with Gasteiger partial charge in [-0.05, 0) is 42.0 Å². The van der Waals surface area contributed by atoms with E-state index in [4.69, 9.17) is 0 Å². The van der Waals surface area contributed by atoms with E-state index in [-0.39, 0.29) is 17.2 Å². The molecule has 0 saturated heterocycles. The number of hydrogen-bond donors (Lipinski definition) is 2. The molecule has 0 fully saturated rings. The Hall–Kier alpha value is -3.35. The van der Waals surface area contributed by atoms with Gasteiger partial charge in [-0.15, -0.1) is 10.2 Å². The molecule has 0 aliphatic heterocycles. The van der Waals surface area contributed by atoms with Crippen molar-refractivity contribution in [3.63, 3.8) is 0 Å². The third-order valence-corrected chi connectivity index (χ3v) is 3.41. The standard InChI is InChI=1S/C18H14F2N4O/c19-13-7-5-12(6-8-13)11-21-16-9-10-17(24-23-16)22-18(25)14-3-1-2-4-15(14)20/h1-10H,11H2,(H,21,23)(H,22,24,25). The van der Waals surface area contributed by atoms with Gasteiger partial charge in [0, 0.05) is 6.54 Å². The maximum absolute atomic E-state index is 13.6. The Bertz CT molecular complexity index is 867. The van der Waals surface area contributed by atoms with Gasteiger partial charge in [0.25, 0.3) is 5.91 Å². The van der Waals surface area contributed by atoms with Crippen LogP contribution in [-0.4, -0.2) is 16.1 Å². The highest BCUT2D eigenvalue weighted by Gasteiger charge is 2.11. The molecular weight excluding hydrogens is 326 g/mol. The van der Waals surface area contributed by atoms with Crippen molar-refractivity contribution < 1.29 is 13.6 Å². The third kappa shape index (κ3) is 4.35. The summed E-state index contributed by atoms with van der Waals surface area (Å²) in [6, 6.07) is 15.0. The molecule has 0 radical (unpaired) electrons. The summed E-state index contributed by atoms with van der Waals surface area (Å²) in [5, 5.41) is 13.3. The summed E-state index contributed by atoms with van der Waals surface area (Å²) in [6.45, 7) is 0.454. The van der Waals surface area contributed by atoms with Crippen LogP contribution in [0.1, 0.15) is 15.9 Å². The second-order valence-corrected chi connectivity index (χ2v) is 5.22. The molecule has 5 nitrogen and oxygen atoms in total. The Morgan fingerprint density at radius 2 is 1.56 bits per heavy atom. The van der Waals surface area contributed by atoms with Crippen molar-refractivity contribution in [2.24, 2.45) is 0 Å². The first-order valence-electron chi connectivity index (χ1n) is 7.50. The summed E-state index contributed by atoms with van der Waals surface area (Å²) in [6.07, 6.45) is 0. The molecule has 126 valence electrons. The van der Waals surface area contributed by atoms with E-state index in [9.17, 15) is 13.6 Å². The zero-order chi connectivity index (χ0) is 17.6. The highest BCUT2D eigenvalue weighted by molar-refractivity contribution is 6.03. The number of aromatic nitrogens is 2. The van der Waals surface area contributed by atoms with E-state index in [0.717, 1.165) is 5.56 Å². The molecule has 1 amide bonds. The Morgan fingerprint density at radius 3 is 2.24 bits per heavy atom. The Balaban J connectivity index is 1.59. The smallest absolute Gasteiger partial charge is 0.259 e. The van der Waals surface area contributed by atoms with Gasteiger partial charge in [-0.3, -0.25) is 4.79 Å². The maximum Gasteiger partial charge on any atom is 0.259 e. The highest BCUT2D eigenvalue weighted by Crippen LogP contribution is 2.12. The number of anilines is 2. The van der Waals surface area contributed by atoms with E-state index in [1.54, 1.807) is 30.3 Å². The minimum Gasteiger partial charge on any atom is -0.365 e. The molecule has 3 rings (SSSR count). The highest BCUT2D eigenvalue weighted by atomic mass is 19.1. The fourth-order valence-corrected chi connectivity index (χ4v) is 2.12. The lowest BCUT2D eigenvalue weighted by Crippen LogP contribution is -2.15. The quantitative estimate of drug-likeness (QED) is 0.744. The van der Waals surface area contributed by atoms with Crippen molar-refractivity contribution in [1.82, 2.24) is 10.2 Å². The average Bonchev–Trinajstić information content (AvgIpc) is 2.63. The number of rotatable bonds is 5. The maximum atomic E-state index is 13.6. The second kappa shape index (κ2) is 7.48. The predicted octanol–water partition coefficient (Wildman–Crippen LogP) is 3.62. The number of amides is 1. The number of halogens is 2. The third-order valence-electron chi connectivity index (χ3n) is 3.41. The minimum absolute atomic E-state index is 0.0668. The molecule has 0 saturated carbocycles. The fourth-order valence-electron chi connectivity index (χ4n) is 2.12. The first kappa shape index (κ1) is 16.5. The molecule has 25 heavy (non-hydrogen) atoms. The van der Waals surface area contributed by atoms with Gasteiger partial charge in [0.1, 0.15) is 17.5 Å². The van der Waals surface area contributed by atoms with Gasteiger partial charge in [0.15, 0.2) is 5.82 Å². The van der Waals surface area contributed by atoms with Crippen molar-refractivity contribution >= 4 is 17.5 Å². The first-order valence-corrected chi connectivity index (χ1v) is 7.50. The van der Waals surface area contributed by atoms with Gasteiger partial charge in [-0.25, -0.2) is 8.78 Å². The van der Waals surface area contributed by atoms with Crippen LogP contribution in [0.5, 0.6) is 0 Å². The van der Waals surface area contributed by atoms with Crippen LogP contribution in [0, 0.1) is 11.6 Å². The number of nitrogens with zero attached hydrogens (tertiary/aromatic N) is 2. The predicted molar refractivity (Wildman–Crippen MR) is 90.1 cm³/mol. The molecule has 2 N–H and O–H groups in total. The van der Waals surface area contributed by atoms with Crippen LogP contribution >= 0.6 is 0 Å². The molecule has 0 bridgehead atoms. The lowest BCUT2D eigenvalue weighted by atomic mass is 10.2. The first-order chi connectivity index (χ1) is 12.1. The lowest BCUT2D eigenvalue weighted by Gasteiger charge is -2.07. The van der Waals surface area contributed by atoms with Crippen molar-refractivity contribution in [2.45, 2.75) is 6.54 Å². The van der Waals surface area contributed by atoms with Crippen LogP contribution in [0.4, 0.5) is 20.4 Å². The van der Waals surface area contributed by atoms with E-state index >= 15 is 0 Å². The topological polar surface area (TPSA) is 66.9 Å². The van der Waals surface area contributed by atoms with Crippen molar-refractivity contribution in [1.29, 1.82) is 0 Å². The molecule has 0 aliphatic carbocycles. The largest absolute Gasteiger partial charge is 0.365 e. The van der Waals surface area contributed by atoms with Gasteiger partial charge in [0.2, 0.25) is 0 Å². The van der Waals surface area contributed by atoms with E-state index in [2.05, 4.69) is 20.8 Å². The van der Waals surface area contributed by atoms with Gasteiger partial charge >= 0.3 is 0 Å². The number of nitrogens with one attached hydrogen (secondary N) is 2. The van der Waals surface area contributed by atoms with Crippen LogP contribution in [0.3, 0.4) is 0 Å². The van der Waals surface area contributed by atoms with Crippen LogP contribution in [-0.2, 0) is 6.54 Å². The average molecular weight is 340 g/mol. The van der Waals surface area contributed by atoms with Gasteiger partial charge < -0.3 is 10.6 Å². The Kier molecular flexibility index (Phi) is 4.94. The number of hydrogen-bond acceptors (Lipinski definition) is 4. The molecule has 1 aromatic heterocycles. The normalized spacial score (nSPS) is 10.3. The number of benzene rings is 2. The fraction of sp³-hybridized carbons (Fsp3) is 0.0556. The molecule has 0 spiro atoms. The molecular formula is C18H14F2N4O. The van der Waals surface area contributed by atoms with Gasteiger partial charge in [-0.2, -0.15) is 0 Å². The molecule has 2 aromatic carbocycles. The zero-order valence-electron chi connectivity index (χ0n) is 13.0. The summed E-state index contributed by atoms with van der Waals surface area (Å²) in [5.74, 6) is -0.794. The second-order valence-electron chi connectivity index (χ2n) is 5.22. The monoisotopic (exact) mass is 340 g/mol. The van der Waals surface area contributed by atoms with Crippen LogP contribution in [0.25, 0.3) is 0 Å². The van der Waals surface area contributed by atoms with E-state index < -0.39 is 11.7 Å². The minimum atomic E-state index is -0.606. The summed E-state index contributed by atoms with van der Waals surface area (Å²) < 4.78 is 26.4. The number of carbonyl (C=O) groups excluding carboxylic acids is 1. The van der Waals surface area contributed by atoms with Crippen molar-refractivity contribution in [2.75, 3.05) is 10.6 Å². The number of carbonyl (C=O) groups is 1. The SMILES string of the molecule is O=C(Nc1ccc(NCc2ccc(F)cc2)nn1)c1ccccc1F. The molecule has 7 heteroatoms. The molecule has 3 aromatic rings. The van der Waals surface area contributed by atoms with Crippen LogP contribution in [0.15, 0.2) is 60.7 Å². The molecule has 0 unspecified atom stereocenters. The van der Waals surface area contributed by atoms with Crippen LogP contribution < -0.4 is 10.6 Å².